The Kier molecular flexibility index (Phi) is 8.32. The van der Waals surface area contributed by atoms with Gasteiger partial charge in [-0.3, -0.25) is 19.3 Å². The first-order valence-corrected chi connectivity index (χ1v) is 11.3. The average molecular weight is 507 g/mol. The first kappa shape index (κ1) is 24.6. The molecule has 2 amide bonds. The molecule has 0 aromatic heterocycles. The number of thiocarbonyl (C=S) groups is 1. The number of rotatable bonds is 9. The maximum atomic E-state index is 12.5. The van der Waals surface area contributed by atoms with E-state index in [1.807, 2.05) is 0 Å². The van der Waals surface area contributed by atoms with Crippen LogP contribution in [0.2, 0.25) is 5.02 Å². The molecule has 0 aliphatic carbocycles. The molecular formula is C22H19ClN2O6S2. The van der Waals surface area contributed by atoms with E-state index in [0.717, 1.165) is 16.7 Å². The lowest BCUT2D eigenvalue weighted by molar-refractivity contribution is -0.140. The van der Waals surface area contributed by atoms with Gasteiger partial charge >= 0.3 is 5.97 Å². The fraction of sp³-hybridized carbons (Fsp3) is 0.182. The van der Waals surface area contributed by atoms with Crippen molar-refractivity contribution in [2.75, 3.05) is 25.1 Å². The molecule has 1 saturated heterocycles. The highest BCUT2D eigenvalue weighted by Gasteiger charge is 2.33. The second-order valence-corrected chi connectivity index (χ2v) is 8.76. The fourth-order valence-electron chi connectivity index (χ4n) is 2.83. The van der Waals surface area contributed by atoms with Crippen LogP contribution in [-0.4, -0.2) is 51.9 Å². The number of carboxylic acids is 1. The molecule has 11 heteroatoms. The van der Waals surface area contributed by atoms with E-state index >= 15 is 0 Å². The molecule has 2 aromatic carbocycles. The summed E-state index contributed by atoms with van der Waals surface area (Å²) in [5.41, 5.74) is 1.18. The summed E-state index contributed by atoms with van der Waals surface area (Å²) in [5.74, 6) is -1.24. The van der Waals surface area contributed by atoms with E-state index in [-0.39, 0.29) is 16.8 Å². The van der Waals surface area contributed by atoms with E-state index in [0.29, 0.717) is 39.3 Å². The van der Waals surface area contributed by atoms with Gasteiger partial charge in [0.25, 0.3) is 11.8 Å². The summed E-state index contributed by atoms with van der Waals surface area (Å²) in [6.45, 7) is 1.42. The van der Waals surface area contributed by atoms with Crippen molar-refractivity contribution in [2.45, 2.75) is 6.92 Å². The highest BCUT2D eigenvalue weighted by atomic mass is 35.5. The minimum atomic E-state index is -1.15. The number of carboxylic acid groups (broad SMARTS) is 1. The minimum absolute atomic E-state index is 0.185. The van der Waals surface area contributed by atoms with Crippen molar-refractivity contribution < 1.29 is 29.0 Å². The zero-order valence-corrected chi connectivity index (χ0v) is 19.8. The van der Waals surface area contributed by atoms with Gasteiger partial charge in [0.15, 0.2) is 18.1 Å². The molecule has 2 aromatic rings. The second kappa shape index (κ2) is 11.2. The maximum Gasteiger partial charge on any atom is 0.323 e. The predicted octanol–water partition coefficient (Wildman–Crippen LogP) is 4.04. The van der Waals surface area contributed by atoms with Crippen LogP contribution in [0.1, 0.15) is 12.5 Å². The van der Waals surface area contributed by atoms with E-state index in [2.05, 4.69) is 5.32 Å². The lowest BCUT2D eigenvalue weighted by Crippen LogP contribution is -2.33. The second-order valence-electron chi connectivity index (χ2n) is 6.65. The van der Waals surface area contributed by atoms with Gasteiger partial charge in [0.05, 0.1) is 11.5 Å². The number of benzene rings is 2. The van der Waals surface area contributed by atoms with Gasteiger partial charge in [-0.15, -0.1) is 0 Å². The molecule has 1 heterocycles. The number of nitrogens with zero attached hydrogens (tertiary/aromatic N) is 1. The van der Waals surface area contributed by atoms with Crippen molar-refractivity contribution in [3.05, 3.63) is 58.0 Å². The monoisotopic (exact) mass is 506 g/mol. The number of ether oxygens (including phenoxy) is 2. The Morgan fingerprint density at radius 3 is 2.70 bits per heavy atom. The Morgan fingerprint density at radius 1 is 1.21 bits per heavy atom. The van der Waals surface area contributed by atoms with Gasteiger partial charge in [-0.1, -0.05) is 47.7 Å². The first-order chi connectivity index (χ1) is 15.8. The van der Waals surface area contributed by atoms with Crippen molar-refractivity contribution in [2.24, 2.45) is 0 Å². The van der Waals surface area contributed by atoms with Crippen LogP contribution in [0.3, 0.4) is 0 Å². The van der Waals surface area contributed by atoms with Crippen LogP contribution in [0.5, 0.6) is 11.5 Å². The van der Waals surface area contributed by atoms with Crippen LogP contribution in [0.4, 0.5) is 5.69 Å². The van der Waals surface area contributed by atoms with Crippen molar-refractivity contribution in [1.29, 1.82) is 0 Å². The third-order valence-corrected chi connectivity index (χ3v) is 5.81. The standard InChI is InChI=1S/C22H19ClN2O6S2/c1-2-30-17-8-13(9-18-21(29)25(11-20(27)28)22(32)33-18)6-7-16(17)31-12-19(26)24-15-5-3-4-14(23)10-15/h3-10H,2,11-12H2,1H3,(H,24,26)(H,27,28)/b18-9+. The van der Waals surface area contributed by atoms with Gasteiger partial charge in [0, 0.05) is 10.7 Å². The summed E-state index contributed by atoms with van der Waals surface area (Å²) in [6.07, 6.45) is 1.60. The number of carbonyl (C=O) groups excluding carboxylic acids is 2. The number of nitrogens with one attached hydrogen (secondary N) is 1. The molecule has 2 N–H and O–H groups in total. The topological polar surface area (TPSA) is 105 Å². The quantitative estimate of drug-likeness (QED) is 0.388. The van der Waals surface area contributed by atoms with Gasteiger partial charge < -0.3 is 19.9 Å². The number of anilines is 1. The zero-order chi connectivity index (χ0) is 24.0. The molecule has 1 aliphatic heterocycles. The molecule has 172 valence electrons. The molecule has 0 atom stereocenters. The Morgan fingerprint density at radius 2 is 2.00 bits per heavy atom. The van der Waals surface area contributed by atoms with E-state index in [1.54, 1.807) is 55.5 Å². The van der Waals surface area contributed by atoms with Crippen molar-refractivity contribution >= 4 is 69.4 Å². The summed E-state index contributed by atoms with van der Waals surface area (Å²) in [4.78, 5) is 37.0. The Bertz CT molecular complexity index is 1140. The lowest BCUT2D eigenvalue weighted by atomic mass is 10.2. The molecule has 33 heavy (non-hydrogen) atoms. The van der Waals surface area contributed by atoms with Gasteiger partial charge in [-0.25, -0.2) is 0 Å². The van der Waals surface area contributed by atoms with Gasteiger partial charge in [-0.2, -0.15) is 0 Å². The van der Waals surface area contributed by atoms with Crippen LogP contribution in [0.15, 0.2) is 47.4 Å². The van der Waals surface area contributed by atoms with Crippen molar-refractivity contribution in [3.8, 4) is 11.5 Å². The SMILES string of the molecule is CCOc1cc(/C=C2/SC(=S)N(CC(=O)O)C2=O)ccc1OCC(=O)Nc1cccc(Cl)c1. The Hall–Kier alpha value is -3.08. The minimum Gasteiger partial charge on any atom is -0.490 e. The number of thioether (sulfide) groups is 1. The van der Waals surface area contributed by atoms with Gasteiger partial charge in [0.1, 0.15) is 10.9 Å². The smallest absolute Gasteiger partial charge is 0.323 e. The van der Waals surface area contributed by atoms with Gasteiger partial charge in [0.2, 0.25) is 0 Å². The molecule has 1 aliphatic rings. The molecule has 3 rings (SSSR count). The summed E-state index contributed by atoms with van der Waals surface area (Å²) in [5, 5.41) is 12.1. The summed E-state index contributed by atoms with van der Waals surface area (Å²) >= 11 is 12.1. The molecule has 0 bridgehead atoms. The van der Waals surface area contributed by atoms with Crippen LogP contribution in [0.25, 0.3) is 6.08 Å². The van der Waals surface area contributed by atoms with Crippen molar-refractivity contribution in [1.82, 2.24) is 4.90 Å². The highest BCUT2D eigenvalue weighted by Crippen LogP contribution is 2.34. The number of amides is 2. The molecule has 0 spiro atoms. The van der Waals surface area contributed by atoms with Crippen LogP contribution in [-0.2, 0) is 14.4 Å². The van der Waals surface area contributed by atoms with E-state index < -0.39 is 18.4 Å². The number of carbonyl (C=O) groups is 3. The zero-order valence-electron chi connectivity index (χ0n) is 17.4. The number of hydrogen-bond donors (Lipinski definition) is 2. The largest absolute Gasteiger partial charge is 0.490 e. The third kappa shape index (κ3) is 6.70. The molecule has 8 nitrogen and oxygen atoms in total. The lowest BCUT2D eigenvalue weighted by Gasteiger charge is -2.13. The summed E-state index contributed by atoms with van der Waals surface area (Å²) in [6, 6.07) is 11.7. The average Bonchev–Trinajstić information content (AvgIpc) is 3.00. The van der Waals surface area contributed by atoms with Crippen LogP contribution >= 0.6 is 35.6 Å². The third-order valence-electron chi connectivity index (χ3n) is 4.20. The number of hydrogen-bond acceptors (Lipinski definition) is 7. The van der Waals surface area contributed by atoms with Gasteiger partial charge in [-0.05, 0) is 48.9 Å². The molecule has 0 radical (unpaired) electrons. The van der Waals surface area contributed by atoms with Crippen molar-refractivity contribution in [3.63, 3.8) is 0 Å². The normalized spacial score (nSPS) is 14.5. The Labute approximate surface area is 204 Å². The molecule has 1 fully saturated rings. The summed E-state index contributed by atoms with van der Waals surface area (Å²) in [7, 11) is 0. The first-order valence-electron chi connectivity index (χ1n) is 9.69. The van der Waals surface area contributed by atoms with E-state index in [9.17, 15) is 14.4 Å². The highest BCUT2D eigenvalue weighted by molar-refractivity contribution is 8.26. The molecule has 0 saturated carbocycles. The van der Waals surface area contributed by atoms with Crippen LogP contribution < -0.4 is 14.8 Å². The molecular weight excluding hydrogens is 488 g/mol. The van der Waals surface area contributed by atoms with E-state index in [4.69, 9.17) is 38.4 Å². The van der Waals surface area contributed by atoms with E-state index in [1.165, 1.54) is 0 Å². The summed E-state index contributed by atoms with van der Waals surface area (Å²) < 4.78 is 11.4. The predicted molar refractivity (Wildman–Crippen MR) is 131 cm³/mol. The number of aliphatic carboxylic acids is 1. The number of halogens is 1. The Balaban J connectivity index is 1.71. The maximum absolute atomic E-state index is 12.5. The van der Waals surface area contributed by atoms with Crippen LogP contribution in [0, 0.1) is 0 Å². The molecule has 0 unspecified atom stereocenters. The fourth-order valence-corrected chi connectivity index (χ4v) is 4.28.